The first-order valence-corrected chi connectivity index (χ1v) is 13.2. The zero-order valence-electron chi connectivity index (χ0n) is 21.5. The Hall–Kier alpha value is -3.67. The van der Waals surface area contributed by atoms with Crippen molar-refractivity contribution in [1.29, 1.82) is 0 Å². The summed E-state index contributed by atoms with van der Waals surface area (Å²) in [6.45, 7) is 3.81. The van der Waals surface area contributed by atoms with Gasteiger partial charge in [0.2, 0.25) is 5.91 Å². The highest BCUT2D eigenvalue weighted by Gasteiger charge is 2.46. The largest absolute Gasteiger partial charge is 0.458 e. The van der Waals surface area contributed by atoms with Gasteiger partial charge in [0.05, 0.1) is 41.7 Å². The number of cyclic esters (lactones) is 1. The van der Waals surface area contributed by atoms with E-state index in [0.717, 1.165) is 22.1 Å². The lowest BCUT2D eigenvalue weighted by Crippen LogP contribution is -2.44. The van der Waals surface area contributed by atoms with Crippen molar-refractivity contribution in [1.82, 2.24) is 20.3 Å². The van der Waals surface area contributed by atoms with Crippen molar-refractivity contribution < 1.29 is 28.7 Å². The minimum absolute atomic E-state index is 0.0336. The summed E-state index contributed by atoms with van der Waals surface area (Å²) in [5.41, 5.74) is 5.22. The molecule has 4 aliphatic rings. The molecule has 2 aromatic heterocycles. The van der Waals surface area contributed by atoms with E-state index in [9.17, 15) is 19.5 Å². The average Bonchev–Trinajstić information content (AvgIpc) is 3.59. The van der Waals surface area contributed by atoms with Crippen molar-refractivity contribution in [3.63, 3.8) is 0 Å². The molecule has 0 saturated carbocycles. The van der Waals surface area contributed by atoms with Gasteiger partial charge in [-0.05, 0) is 55.4 Å². The van der Waals surface area contributed by atoms with E-state index in [4.69, 9.17) is 14.6 Å². The standard InChI is InChI=1S/C28H27FN4O6/c1-3-28(37)16-8-21-24-14(10-33(21)26(35)15(16)11-38-27(28)36)23-18(31-25(34)19-6-7-39-32-19)5-4-13-12(2)17(29)9-20(30-24)22(13)23/h8-9,18-19,32,37H,3-7,10-11H2,1-2H3,(H,31,34)/t18-,19+,28-/m0/s1. The first-order chi connectivity index (χ1) is 18.7. The van der Waals surface area contributed by atoms with Crippen molar-refractivity contribution in [2.24, 2.45) is 0 Å². The second kappa shape index (κ2) is 8.41. The van der Waals surface area contributed by atoms with Gasteiger partial charge in [-0.3, -0.25) is 9.59 Å². The van der Waals surface area contributed by atoms with Crippen LogP contribution in [0.3, 0.4) is 0 Å². The fourth-order valence-electron chi connectivity index (χ4n) is 6.55. The van der Waals surface area contributed by atoms with Gasteiger partial charge in [0, 0.05) is 22.6 Å². The molecule has 1 saturated heterocycles. The van der Waals surface area contributed by atoms with Gasteiger partial charge in [-0.25, -0.2) is 14.2 Å². The van der Waals surface area contributed by atoms with Gasteiger partial charge in [-0.15, -0.1) is 0 Å². The minimum atomic E-state index is -1.94. The number of aryl methyl sites for hydroxylation is 1. The Balaban J connectivity index is 1.46. The van der Waals surface area contributed by atoms with Crippen molar-refractivity contribution in [3.05, 3.63) is 61.7 Å². The number of amides is 1. The van der Waals surface area contributed by atoms with Gasteiger partial charge < -0.3 is 24.6 Å². The van der Waals surface area contributed by atoms with Crippen LogP contribution in [0.15, 0.2) is 16.9 Å². The van der Waals surface area contributed by atoms with Crippen LogP contribution < -0.4 is 16.4 Å². The molecule has 39 heavy (non-hydrogen) atoms. The third kappa shape index (κ3) is 3.30. The molecule has 1 aliphatic carbocycles. The molecule has 0 radical (unpaired) electrons. The zero-order chi connectivity index (χ0) is 27.2. The number of hydroxylamine groups is 1. The van der Waals surface area contributed by atoms with Crippen LogP contribution >= 0.6 is 0 Å². The lowest BCUT2D eigenvalue weighted by molar-refractivity contribution is -0.172. The highest BCUT2D eigenvalue weighted by atomic mass is 19.1. The number of aromatic nitrogens is 2. The smallest absolute Gasteiger partial charge is 0.343 e. The fraction of sp³-hybridized carbons (Fsp3) is 0.429. The summed E-state index contributed by atoms with van der Waals surface area (Å²) in [5, 5.41) is 15.1. The van der Waals surface area contributed by atoms with Crippen LogP contribution in [-0.4, -0.2) is 39.2 Å². The highest BCUT2D eigenvalue weighted by molar-refractivity contribution is 5.94. The predicted molar refractivity (Wildman–Crippen MR) is 136 cm³/mol. The molecule has 1 amide bonds. The van der Waals surface area contributed by atoms with Crippen molar-refractivity contribution in [2.75, 3.05) is 6.61 Å². The maximum Gasteiger partial charge on any atom is 0.343 e. The number of carbonyl (C=O) groups is 2. The number of carbonyl (C=O) groups excluding carboxylic acids is 2. The van der Waals surface area contributed by atoms with E-state index in [1.807, 2.05) is 0 Å². The van der Waals surface area contributed by atoms with Crippen LogP contribution in [0.5, 0.6) is 0 Å². The third-order valence-corrected chi connectivity index (χ3v) is 8.75. The molecule has 3 atom stereocenters. The number of esters is 1. The molecule has 3 N–H and O–H groups in total. The van der Waals surface area contributed by atoms with E-state index >= 15 is 4.39 Å². The second-order valence-electron chi connectivity index (χ2n) is 10.7. The van der Waals surface area contributed by atoms with Crippen molar-refractivity contribution in [2.45, 2.75) is 70.4 Å². The second-order valence-corrected chi connectivity index (χ2v) is 10.7. The molecule has 3 aromatic rings. The number of aliphatic hydroxyl groups is 1. The maximum atomic E-state index is 15.0. The summed E-state index contributed by atoms with van der Waals surface area (Å²) in [4.78, 5) is 49.3. The molecule has 0 spiro atoms. The van der Waals surface area contributed by atoms with Crippen LogP contribution in [0, 0.1) is 12.7 Å². The topological polar surface area (TPSA) is 132 Å². The normalized spacial score (nSPS) is 24.8. The molecule has 202 valence electrons. The number of hydrogen-bond donors (Lipinski definition) is 3. The molecular formula is C28H27FN4O6. The number of nitrogens with one attached hydrogen (secondary N) is 2. The van der Waals surface area contributed by atoms with Gasteiger partial charge in [0.25, 0.3) is 5.56 Å². The summed E-state index contributed by atoms with van der Waals surface area (Å²) in [5.74, 6) is -1.35. The Kier molecular flexibility index (Phi) is 5.26. The Morgan fingerprint density at radius 3 is 2.85 bits per heavy atom. The number of ether oxygens (including phenoxy) is 1. The van der Waals surface area contributed by atoms with E-state index in [-0.39, 0.29) is 54.0 Å². The molecule has 10 nitrogen and oxygen atoms in total. The number of hydrogen-bond acceptors (Lipinski definition) is 8. The van der Waals surface area contributed by atoms with Gasteiger partial charge >= 0.3 is 5.97 Å². The van der Waals surface area contributed by atoms with E-state index in [2.05, 4.69) is 10.8 Å². The van der Waals surface area contributed by atoms with Crippen molar-refractivity contribution >= 4 is 22.8 Å². The fourth-order valence-corrected chi connectivity index (χ4v) is 6.55. The molecule has 5 heterocycles. The summed E-state index contributed by atoms with van der Waals surface area (Å²) < 4.78 is 21.8. The number of nitrogens with zero attached hydrogens (tertiary/aromatic N) is 2. The van der Waals surface area contributed by atoms with Gasteiger partial charge in [-0.1, -0.05) is 6.92 Å². The molecule has 3 aliphatic heterocycles. The minimum Gasteiger partial charge on any atom is -0.458 e. The zero-order valence-corrected chi connectivity index (χ0v) is 21.5. The summed E-state index contributed by atoms with van der Waals surface area (Å²) >= 11 is 0. The molecule has 0 unspecified atom stereocenters. The molecule has 1 fully saturated rings. The first-order valence-electron chi connectivity index (χ1n) is 13.2. The SMILES string of the molecule is CC[C@@]1(O)C(=O)OCc2c1cc1n(c2=O)Cc2c-1nc1cc(F)c(C)c3c1c2[C@@H](NC(=O)[C@H]1CCON1)CC3. The first kappa shape index (κ1) is 24.4. The third-order valence-electron chi connectivity index (χ3n) is 8.75. The lowest BCUT2D eigenvalue weighted by Gasteiger charge is -2.31. The quantitative estimate of drug-likeness (QED) is 0.340. The number of pyridine rings is 2. The molecular weight excluding hydrogens is 507 g/mol. The van der Waals surface area contributed by atoms with Crippen LogP contribution in [0.1, 0.15) is 65.6 Å². The average molecular weight is 535 g/mol. The summed E-state index contributed by atoms with van der Waals surface area (Å²) in [6.07, 6.45) is 1.71. The Morgan fingerprint density at radius 1 is 1.28 bits per heavy atom. The Morgan fingerprint density at radius 2 is 2.10 bits per heavy atom. The van der Waals surface area contributed by atoms with E-state index in [1.165, 1.54) is 6.07 Å². The molecule has 7 rings (SSSR count). The number of benzene rings is 1. The maximum absolute atomic E-state index is 15.0. The van der Waals surface area contributed by atoms with E-state index in [0.29, 0.717) is 48.3 Å². The van der Waals surface area contributed by atoms with Crippen molar-refractivity contribution in [3.8, 4) is 11.4 Å². The molecule has 11 heteroatoms. The molecule has 1 aromatic carbocycles. The number of halogens is 1. The number of rotatable bonds is 3. The monoisotopic (exact) mass is 534 g/mol. The van der Waals surface area contributed by atoms with Gasteiger partial charge in [-0.2, -0.15) is 5.48 Å². The van der Waals surface area contributed by atoms with Crippen LogP contribution in [0.25, 0.3) is 22.3 Å². The van der Waals surface area contributed by atoms with E-state index in [1.54, 1.807) is 24.5 Å². The predicted octanol–water partition coefficient (Wildman–Crippen LogP) is 1.92. The molecule has 0 bridgehead atoms. The Labute approximate surface area is 222 Å². The summed E-state index contributed by atoms with van der Waals surface area (Å²) in [7, 11) is 0. The van der Waals surface area contributed by atoms with Gasteiger partial charge in [0.15, 0.2) is 5.60 Å². The van der Waals surface area contributed by atoms with Crippen LogP contribution in [0.2, 0.25) is 0 Å². The van der Waals surface area contributed by atoms with Crippen LogP contribution in [0.4, 0.5) is 4.39 Å². The lowest BCUT2D eigenvalue weighted by atomic mass is 9.81. The Bertz CT molecular complexity index is 1680. The van der Waals surface area contributed by atoms with Gasteiger partial charge in [0.1, 0.15) is 18.5 Å². The van der Waals surface area contributed by atoms with E-state index < -0.39 is 17.6 Å². The number of fused-ring (bicyclic) bond motifs is 5. The van der Waals surface area contributed by atoms with Crippen LogP contribution in [-0.2, 0) is 44.3 Å². The highest BCUT2D eigenvalue weighted by Crippen LogP contribution is 2.46. The summed E-state index contributed by atoms with van der Waals surface area (Å²) in [6, 6.07) is 2.18.